The average Bonchev–Trinajstić information content (AvgIpc) is 2.22. The topological polar surface area (TPSA) is 67.4 Å². The van der Waals surface area contributed by atoms with Gasteiger partial charge in [-0.2, -0.15) is 0 Å². The number of methoxy groups -OCH3 is 1. The van der Waals surface area contributed by atoms with Crippen molar-refractivity contribution < 1.29 is 14.3 Å². The molecule has 0 bridgehead atoms. The number of hydrogen-bond donors (Lipinski definition) is 2. The first-order valence-electron chi connectivity index (χ1n) is 4.37. The molecule has 0 radical (unpaired) electrons. The van der Waals surface area contributed by atoms with Gasteiger partial charge in [-0.25, -0.2) is 4.79 Å². The molecule has 0 aliphatic heterocycles. The lowest BCUT2D eigenvalue weighted by molar-refractivity contribution is -0.139. The average molecular weight is 200 g/mol. The van der Waals surface area contributed by atoms with Crippen molar-refractivity contribution in [2.24, 2.45) is 0 Å². The molecule has 14 heavy (non-hydrogen) atoms. The lowest BCUT2D eigenvalue weighted by Crippen LogP contribution is -2.36. The molecule has 0 aromatic rings. The summed E-state index contributed by atoms with van der Waals surface area (Å²) in [5.41, 5.74) is 1.05. The van der Waals surface area contributed by atoms with Crippen LogP contribution in [0.1, 0.15) is 20.3 Å². The fourth-order valence-corrected chi connectivity index (χ4v) is 0.566. The number of urea groups is 1. The highest BCUT2D eigenvalue weighted by Gasteiger charge is 2.02. The number of allylic oxidation sites excluding steroid dienone is 1. The fraction of sp³-hybridized carbons (Fsp3) is 0.556. The zero-order chi connectivity index (χ0) is 11.0. The molecule has 0 atom stereocenters. The van der Waals surface area contributed by atoms with Crippen molar-refractivity contribution in [1.29, 1.82) is 0 Å². The molecule has 0 unspecified atom stereocenters. The standard InChI is InChI=1S/C9H16N2O3/c1-4-7(2)5-10-9(13)11-6-8(12)14-3/h5H,4,6H2,1-3H3,(H2,10,11,13)/b7-5+. The second kappa shape index (κ2) is 6.94. The molecule has 0 aliphatic rings. The molecule has 2 amide bonds. The molecule has 5 nitrogen and oxygen atoms in total. The molecule has 0 aliphatic carbocycles. The minimum atomic E-state index is -0.476. The number of nitrogens with one attached hydrogen (secondary N) is 2. The Morgan fingerprint density at radius 2 is 2.07 bits per heavy atom. The van der Waals surface area contributed by atoms with Crippen molar-refractivity contribution in [3.8, 4) is 0 Å². The van der Waals surface area contributed by atoms with Gasteiger partial charge in [0, 0.05) is 6.20 Å². The third kappa shape index (κ3) is 6.05. The molecule has 0 fully saturated rings. The molecular formula is C9H16N2O3. The van der Waals surface area contributed by atoms with Gasteiger partial charge in [-0.15, -0.1) is 0 Å². The number of esters is 1. The van der Waals surface area contributed by atoms with E-state index in [1.54, 1.807) is 6.20 Å². The van der Waals surface area contributed by atoms with E-state index in [0.717, 1.165) is 12.0 Å². The maximum atomic E-state index is 11.0. The van der Waals surface area contributed by atoms with Crippen molar-refractivity contribution in [3.63, 3.8) is 0 Å². The summed E-state index contributed by atoms with van der Waals surface area (Å²) >= 11 is 0. The Morgan fingerprint density at radius 3 is 2.57 bits per heavy atom. The van der Waals surface area contributed by atoms with Gasteiger partial charge in [0.05, 0.1) is 7.11 Å². The predicted octanol–water partition coefficient (Wildman–Crippen LogP) is 0.772. The molecule has 0 rings (SSSR count). The molecule has 0 saturated heterocycles. The van der Waals surface area contributed by atoms with Gasteiger partial charge in [-0.3, -0.25) is 4.79 Å². The lowest BCUT2D eigenvalue weighted by Gasteiger charge is -2.03. The van der Waals surface area contributed by atoms with Crippen LogP contribution in [0.3, 0.4) is 0 Å². The molecule has 5 heteroatoms. The molecule has 0 saturated carbocycles. The number of carbonyl (C=O) groups is 2. The molecule has 2 N–H and O–H groups in total. The number of amides is 2. The Balaban J connectivity index is 3.71. The van der Waals surface area contributed by atoms with Crippen LogP contribution >= 0.6 is 0 Å². The summed E-state index contributed by atoms with van der Waals surface area (Å²) in [7, 11) is 1.27. The number of carbonyl (C=O) groups excluding carboxylic acids is 2. The largest absolute Gasteiger partial charge is 0.468 e. The van der Waals surface area contributed by atoms with Gasteiger partial charge in [0.1, 0.15) is 6.54 Å². The van der Waals surface area contributed by atoms with Gasteiger partial charge in [0.2, 0.25) is 0 Å². The molecular weight excluding hydrogens is 184 g/mol. The van der Waals surface area contributed by atoms with E-state index in [2.05, 4.69) is 15.4 Å². The Hall–Kier alpha value is -1.52. The van der Waals surface area contributed by atoms with Crippen LogP contribution in [0.5, 0.6) is 0 Å². The van der Waals surface area contributed by atoms with Crippen LogP contribution in [-0.2, 0) is 9.53 Å². The van der Waals surface area contributed by atoms with Crippen LogP contribution < -0.4 is 10.6 Å². The van der Waals surface area contributed by atoms with Gasteiger partial charge >= 0.3 is 12.0 Å². The van der Waals surface area contributed by atoms with Gasteiger partial charge in [-0.05, 0) is 13.3 Å². The SMILES string of the molecule is CC/C(C)=C/NC(=O)NCC(=O)OC. The Bertz CT molecular complexity index is 236. The summed E-state index contributed by atoms with van der Waals surface area (Å²) < 4.78 is 4.35. The minimum Gasteiger partial charge on any atom is -0.468 e. The highest BCUT2D eigenvalue weighted by molar-refractivity contribution is 5.81. The summed E-state index contributed by atoms with van der Waals surface area (Å²) in [4.78, 5) is 21.6. The third-order valence-corrected chi connectivity index (χ3v) is 1.63. The first-order valence-corrected chi connectivity index (χ1v) is 4.37. The molecule has 0 aromatic heterocycles. The van der Waals surface area contributed by atoms with Crippen LogP contribution in [0.4, 0.5) is 4.79 Å². The van der Waals surface area contributed by atoms with E-state index >= 15 is 0 Å². The smallest absolute Gasteiger partial charge is 0.325 e. The predicted molar refractivity (Wildman–Crippen MR) is 52.6 cm³/mol. The van der Waals surface area contributed by atoms with Crippen LogP contribution in [0.2, 0.25) is 0 Å². The highest BCUT2D eigenvalue weighted by Crippen LogP contribution is 1.94. The van der Waals surface area contributed by atoms with Crippen LogP contribution in [0.15, 0.2) is 11.8 Å². The number of ether oxygens (including phenoxy) is 1. The summed E-state index contributed by atoms with van der Waals surface area (Å²) in [5, 5.41) is 4.84. The van der Waals surface area contributed by atoms with E-state index in [-0.39, 0.29) is 6.54 Å². The van der Waals surface area contributed by atoms with Gasteiger partial charge in [0.25, 0.3) is 0 Å². The number of rotatable bonds is 4. The van der Waals surface area contributed by atoms with Crippen molar-refractivity contribution in [3.05, 3.63) is 11.8 Å². The van der Waals surface area contributed by atoms with E-state index in [1.807, 2.05) is 13.8 Å². The second-order valence-electron chi connectivity index (χ2n) is 2.75. The maximum Gasteiger partial charge on any atom is 0.325 e. The van der Waals surface area contributed by atoms with E-state index in [4.69, 9.17) is 0 Å². The van der Waals surface area contributed by atoms with E-state index in [9.17, 15) is 9.59 Å². The van der Waals surface area contributed by atoms with Crippen molar-refractivity contribution in [1.82, 2.24) is 10.6 Å². The van der Waals surface area contributed by atoms with Crippen LogP contribution in [0, 0.1) is 0 Å². The zero-order valence-corrected chi connectivity index (χ0v) is 8.72. The first kappa shape index (κ1) is 12.5. The molecule has 0 aromatic carbocycles. The Kier molecular flexibility index (Phi) is 6.19. The second-order valence-corrected chi connectivity index (χ2v) is 2.75. The highest BCUT2D eigenvalue weighted by atomic mass is 16.5. The Morgan fingerprint density at radius 1 is 1.43 bits per heavy atom. The van der Waals surface area contributed by atoms with Gasteiger partial charge in [-0.1, -0.05) is 12.5 Å². The molecule has 80 valence electrons. The summed E-state index contributed by atoms with van der Waals surface area (Å²) in [6.07, 6.45) is 2.48. The Labute approximate surface area is 83.5 Å². The summed E-state index contributed by atoms with van der Waals surface area (Å²) in [6.45, 7) is 3.77. The van der Waals surface area contributed by atoms with Crippen LogP contribution in [0.25, 0.3) is 0 Å². The molecule has 0 heterocycles. The fourth-order valence-electron chi connectivity index (χ4n) is 0.566. The third-order valence-electron chi connectivity index (χ3n) is 1.63. The van der Waals surface area contributed by atoms with E-state index in [0.29, 0.717) is 0 Å². The molecule has 0 spiro atoms. The maximum absolute atomic E-state index is 11.0. The minimum absolute atomic E-state index is 0.124. The van der Waals surface area contributed by atoms with Crippen molar-refractivity contribution in [2.75, 3.05) is 13.7 Å². The zero-order valence-electron chi connectivity index (χ0n) is 8.72. The lowest BCUT2D eigenvalue weighted by atomic mass is 10.3. The quantitative estimate of drug-likeness (QED) is 0.659. The van der Waals surface area contributed by atoms with Crippen molar-refractivity contribution >= 4 is 12.0 Å². The van der Waals surface area contributed by atoms with E-state index in [1.165, 1.54) is 7.11 Å². The first-order chi connectivity index (χ1) is 6.60. The summed E-state index contributed by atoms with van der Waals surface area (Å²) in [5.74, 6) is -0.476. The van der Waals surface area contributed by atoms with Gasteiger partial charge < -0.3 is 15.4 Å². The van der Waals surface area contributed by atoms with E-state index < -0.39 is 12.0 Å². The summed E-state index contributed by atoms with van der Waals surface area (Å²) in [6, 6.07) is -0.414. The van der Waals surface area contributed by atoms with Crippen LogP contribution in [-0.4, -0.2) is 25.7 Å². The van der Waals surface area contributed by atoms with Gasteiger partial charge in [0.15, 0.2) is 0 Å². The number of hydrogen-bond acceptors (Lipinski definition) is 3. The monoisotopic (exact) mass is 200 g/mol. The van der Waals surface area contributed by atoms with Crippen molar-refractivity contribution in [2.45, 2.75) is 20.3 Å². The normalized spacial score (nSPS) is 10.6.